The fraction of sp³-hybridized carbons (Fsp3) is 0.286. The molecule has 0 fully saturated rings. The van der Waals surface area contributed by atoms with Crippen LogP contribution in [0.5, 0.6) is 0 Å². The molecule has 0 bridgehead atoms. The number of carboxylic acid groups (broad SMARTS) is 1. The maximum atomic E-state index is 10.7. The number of aliphatic carboxylic acids is 1. The molecule has 20 heavy (non-hydrogen) atoms. The maximum absolute atomic E-state index is 10.7. The van der Waals surface area contributed by atoms with Crippen molar-refractivity contribution in [3.63, 3.8) is 0 Å². The number of carboxylic acids is 1. The van der Waals surface area contributed by atoms with E-state index in [0.717, 1.165) is 5.56 Å². The third-order valence-corrected chi connectivity index (χ3v) is 3.00. The molecule has 1 aromatic heterocycles. The number of aliphatic hydroxyl groups is 1. The predicted octanol–water partition coefficient (Wildman–Crippen LogP) is 0.571. The van der Waals surface area contributed by atoms with Gasteiger partial charge in [0.25, 0.3) is 0 Å². The van der Waals surface area contributed by atoms with Gasteiger partial charge in [0, 0.05) is 12.6 Å². The van der Waals surface area contributed by atoms with Crippen molar-refractivity contribution in [2.45, 2.75) is 25.1 Å². The van der Waals surface area contributed by atoms with Gasteiger partial charge >= 0.3 is 5.97 Å². The molecule has 0 aliphatic heterocycles. The molecule has 0 saturated carbocycles. The molecule has 6 heteroatoms. The highest BCUT2D eigenvalue weighted by Gasteiger charge is 2.14. The van der Waals surface area contributed by atoms with E-state index in [1.165, 1.54) is 0 Å². The average Bonchev–Trinajstić information content (AvgIpc) is 2.86. The minimum absolute atomic E-state index is 0.170. The second-order valence-electron chi connectivity index (χ2n) is 4.64. The van der Waals surface area contributed by atoms with Crippen molar-refractivity contribution >= 4 is 5.97 Å². The molecule has 0 amide bonds. The number of aromatic nitrogens is 2. The van der Waals surface area contributed by atoms with Crippen LogP contribution >= 0.6 is 0 Å². The fourth-order valence-corrected chi connectivity index (χ4v) is 1.90. The predicted molar refractivity (Wildman–Crippen MR) is 72.9 cm³/mol. The Hall–Kier alpha value is -2.18. The van der Waals surface area contributed by atoms with Gasteiger partial charge in [0.1, 0.15) is 6.04 Å². The molecule has 0 aliphatic carbocycles. The van der Waals surface area contributed by atoms with E-state index in [4.69, 9.17) is 10.8 Å². The molecule has 2 atom stereocenters. The van der Waals surface area contributed by atoms with Crippen LogP contribution in [0.1, 0.15) is 17.4 Å². The topological polar surface area (TPSA) is 101 Å². The number of rotatable bonds is 6. The Morgan fingerprint density at radius 3 is 2.70 bits per heavy atom. The molecule has 0 radical (unpaired) electrons. The highest BCUT2D eigenvalue weighted by atomic mass is 16.4. The van der Waals surface area contributed by atoms with Crippen molar-refractivity contribution < 1.29 is 15.0 Å². The molecule has 0 saturated heterocycles. The molecule has 1 heterocycles. The first kappa shape index (κ1) is 14.2. The number of carbonyl (C=O) groups is 1. The van der Waals surface area contributed by atoms with Crippen LogP contribution in [-0.4, -0.2) is 31.8 Å². The third-order valence-electron chi connectivity index (χ3n) is 3.00. The minimum Gasteiger partial charge on any atom is -0.480 e. The molecule has 6 nitrogen and oxygen atoms in total. The summed E-state index contributed by atoms with van der Waals surface area (Å²) in [7, 11) is 0. The second-order valence-corrected chi connectivity index (χ2v) is 4.64. The summed E-state index contributed by atoms with van der Waals surface area (Å²) in [4.78, 5) is 14.8. The van der Waals surface area contributed by atoms with Gasteiger partial charge in [-0.05, 0) is 5.56 Å². The molecule has 1 aromatic carbocycles. The van der Waals surface area contributed by atoms with Crippen LogP contribution in [0.4, 0.5) is 0 Å². The summed E-state index contributed by atoms with van der Waals surface area (Å²) >= 11 is 0. The monoisotopic (exact) mass is 275 g/mol. The van der Waals surface area contributed by atoms with Crippen LogP contribution in [0.15, 0.2) is 42.9 Å². The van der Waals surface area contributed by atoms with E-state index in [9.17, 15) is 9.90 Å². The summed E-state index contributed by atoms with van der Waals surface area (Å²) in [5, 5.41) is 18.8. The zero-order valence-electron chi connectivity index (χ0n) is 10.9. The zero-order chi connectivity index (χ0) is 14.5. The highest BCUT2D eigenvalue weighted by molar-refractivity contribution is 5.73. The van der Waals surface area contributed by atoms with Crippen LogP contribution in [0.2, 0.25) is 0 Å². The van der Waals surface area contributed by atoms with Crippen LogP contribution in [0.25, 0.3) is 0 Å². The van der Waals surface area contributed by atoms with Crippen molar-refractivity contribution in [3.8, 4) is 0 Å². The Balaban J connectivity index is 1.97. The van der Waals surface area contributed by atoms with Gasteiger partial charge in [-0.3, -0.25) is 4.79 Å². The lowest BCUT2D eigenvalue weighted by atomic mass is 10.1. The average molecular weight is 275 g/mol. The van der Waals surface area contributed by atoms with Crippen LogP contribution in [0, 0.1) is 0 Å². The van der Waals surface area contributed by atoms with E-state index in [1.54, 1.807) is 17.1 Å². The molecular formula is C14H17N3O3. The molecule has 0 spiro atoms. The maximum Gasteiger partial charge on any atom is 0.320 e. The fourth-order valence-electron chi connectivity index (χ4n) is 1.90. The number of nitrogens with zero attached hydrogens (tertiary/aromatic N) is 2. The van der Waals surface area contributed by atoms with Gasteiger partial charge in [0.2, 0.25) is 0 Å². The largest absolute Gasteiger partial charge is 0.480 e. The minimum atomic E-state index is -1.05. The first-order chi connectivity index (χ1) is 9.56. The Bertz CT molecular complexity index is 568. The van der Waals surface area contributed by atoms with Gasteiger partial charge in [0.05, 0.1) is 24.7 Å². The summed E-state index contributed by atoms with van der Waals surface area (Å²) in [5.74, 6) is -1.05. The number of hydrogen-bond acceptors (Lipinski definition) is 4. The van der Waals surface area contributed by atoms with E-state index in [-0.39, 0.29) is 6.42 Å². The Labute approximate surface area is 116 Å². The number of imidazole rings is 1. The second kappa shape index (κ2) is 6.31. The number of nitrogens with two attached hydrogens (primary N) is 1. The summed E-state index contributed by atoms with van der Waals surface area (Å²) in [6.45, 7) is 0.360. The number of aliphatic hydroxyl groups excluding tert-OH is 1. The van der Waals surface area contributed by atoms with Crippen LogP contribution in [0.3, 0.4) is 0 Å². The lowest BCUT2D eigenvalue weighted by molar-refractivity contribution is -0.138. The zero-order valence-corrected chi connectivity index (χ0v) is 10.9. The molecule has 0 aliphatic rings. The van der Waals surface area contributed by atoms with Gasteiger partial charge in [-0.1, -0.05) is 30.3 Å². The van der Waals surface area contributed by atoms with E-state index < -0.39 is 18.1 Å². The standard InChI is InChI=1S/C14H17N3O3/c15-12(14(19)20)6-11-7-17(9-16-11)8-13(18)10-4-2-1-3-5-10/h1-5,7,9,12-13,18H,6,8,15H2,(H,19,20)/t12-,13?/m0/s1. The van der Waals surface area contributed by atoms with Crippen molar-refractivity contribution in [2.75, 3.05) is 0 Å². The van der Waals surface area contributed by atoms with Gasteiger partial charge < -0.3 is 20.5 Å². The van der Waals surface area contributed by atoms with Crippen LogP contribution < -0.4 is 5.73 Å². The van der Waals surface area contributed by atoms with Crippen molar-refractivity contribution in [1.29, 1.82) is 0 Å². The lowest BCUT2D eigenvalue weighted by Crippen LogP contribution is -2.32. The molecule has 1 unspecified atom stereocenters. The van der Waals surface area contributed by atoms with Crippen molar-refractivity contribution in [1.82, 2.24) is 9.55 Å². The number of benzene rings is 1. The van der Waals surface area contributed by atoms with Gasteiger partial charge in [0.15, 0.2) is 0 Å². The quantitative estimate of drug-likeness (QED) is 0.715. The van der Waals surface area contributed by atoms with E-state index in [0.29, 0.717) is 12.2 Å². The van der Waals surface area contributed by atoms with Crippen LogP contribution in [-0.2, 0) is 17.8 Å². The lowest BCUT2D eigenvalue weighted by Gasteiger charge is -2.11. The SMILES string of the molecule is N[C@@H](Cc1cn(CC(O)c2ccccc2)cn1)C(=O)O. The van der Waals surface area contributed by atoms with Crippen molar-refractivity contribution in [2.24, 2.45) is 5.73 Å². The summed E-state index contributed by atoms with van der Waals surface area (Å²) in [6.07, 6.45) is 2.81. The van der Waals surface area contributed by atoms with E-state index in [1.807, 2.05) is 30.3 Å². The smallest absolute Gasteiger partial charge is 0.320 e. The molecule has 2 aromatic rings. The Kier molecular flexibility index (Phi) is 4.49. The molecule has 2 rings (SSSR count). The number of hydrogen-bond donors (Lipinski definition) is 3. The van der Waals surface area contributed by atoms with Crippen molar-refractivity contribution in [3.05, 3.63) is 54.1 Å². The summed E-state index contributed by atoms with van der Waals surface area (Å²) < 4.78 is 1.72. The Morgan fingerprint density at radius 2 is 2.05 bits per heavy atom. The molecular weight excluding hydrogens is 258 g/mol. The van der Waals surface area contributed by atoms with Gasteiger partial charge in [-0.15, -0.1) is 0 Å². The molecule has 106 valence electrons. The normalized spacial score (nSPS) is 13.9. The van der Waals surface area contributed by atoms with E-state index in [2.05, 4.69) is 4.98 Å². The first-order valence-corrected chi connectivity index (χ1v) is 6.28. The first-order valence-electron chi connectivity index (χ1n) is 6.28. The van der Waals surface area contributed by atoms with E-state index >= 15 is 0 Å². The van der Waals surface area contributed by atoms with Gasteiger partial charge in [-0.2, -0.15) is 0 Å². The third kappa shape index (κ3) is 3.66. The Morgan fingerprint density at radius 1 is 1.35 bits per heavy atom. The highest BCUT2D eigenvalue weighted by Crippen LogP contribution is 2.14. The summed E-state index contributed by atoms with van der Waals surface area (Å²) in [6, 6.07) is 8.36. The van der Waals surface area contributed by atoms with Gasteiger partial charge in [-0.25, -0.2) is 4.98 Å². The summed E-state index contributed by atoms with van der Waals surface area (Å²) in [5.41, 5.74) is 6.87. The molecule has 4 N–H and O–H groups in total.